The highest BCUT2D eigenvalue weighted by Gasteiger charge is 2.29. The molecule has 2 aliphatic carbocycles. The van der Waals surface area contributed by atoms with E-state index < -0.39 is 0 Å². The molecule has 0 aliphatic heterocycles. The van der Waals surface area contributed by atoms with Gasteiger partial charge in [0.25, 0.3) is 0 Å². The van der Waals surface area contributed by atoms with Crippen LogP contribution in [0.5, 0.6) is 0 Å². The zero-order chi connectivity index (χ0) is 18.4. The Bertz CT molecular complexity index is 588. The number of hydrogen-bond acceptors (Lipinski definition) is 0. The molecule has 142 valence electrons. The molecule has 2 aliphatic rings. The van der Waals surface area contributed by atoms with Crippen molar-refractivity contribution in [3.05, 3.63) is 60.2 Å². The van der Waals surface area contributed by atoms with E-state index in [0.29, 0.717) is 0 Å². The average Bonchev–Trinajstić information content (AvgIpc) is 2.94. The van der Waals surface area contributed by atoms with E-state index in [0.717, 1.165) is 36.5 Å². The zero-order valence-electron chi connectivity index (χ0n) is 16.9. The molecule has 2 atom stereocenters. The summed E-state index contributed by atoms with van der Waals surface area (Å²) in [5, 5.41) is 0. The molecule has 0 aromatic heterocycles. The van der Waals surface area contributed by atoms with E-state index in [1.807, 2.05) is 0 Å². The van der Waals surface area contributed by atoms with E-state index in [-0.39, 0.29) is 0 Å². The van der Waals surface area contributed by atoms with Gasteiger partial charge in [0.1, 0.15) is 0 Å². The fourth-order valence-electron chi connectivity index (χ4n) is 5.58. The van der Waals surface area contributed by atoms with Crippen molar-refractivity contribution in [3.8, 4) is 0 Å². The fraction of sp³-hybridized carbons (Fsp3) is 0.615. The Labute approximate surface area is 161 Å². The highest BCUT2D eigenvalue weighted by molar-refractivity contribution is 5.35. The van der Waals surface area contributed by atoms with Crippen molar-refractivity contribution < 1.29 is 0 Å². The summed E-state index contributed by atoms with van der Waals surface area (Å²) in [6, 6.07) is 7.28. The number of rotatable bonds is 6. The molecule has 0 bridgehead atoms. The fourth-order valence-corrected chi connectivity index (χ4v) is 5.58. The number of hydrogen-bond donors (Lipinski definition) is 0. The first-order valence-corrected chi connectivity index (χ1v) is 11.1. The van der Waals surface area contributed by atoms with E-state index in [4.69, 9.17) is 0 Å². The Morgan fingerprint density at radius 3 is 2.31 bits per heavy atom. The minimum Gasteiger partial charge on any atom is -0.103 e. The van der Waals surface area contributed by atoms with Crippen LogP contribution in [-0.4, -0.2) is 0 Å². The van der Waals surface area contributed by atoms with E-state index in [1.165, 1.54) is 68.9 Å². The SMILES string of the molecule is C=CCc1cc(C2CCC(C3CCCC(C=C)CC3)CC2)ccc1CC. The average molecular weight is 351 g/mol. The van der Waals surface area contributed by atoms with Crippen LogP contribution >= 0.6 is 0 Å². The van der Waals surface area contributed by atoms with E-state index >= 15 is 0 Å². The summed E-state index contributed by atoms with van der Waals surface area (Å²) >= 11 is 0. The van der Waals surface area contributed by atoms with Crippen LogP contribution in [0, 0.1) is 17.8 Å². The number of aryl methyl sites for hydroxylation is 1. The molecule has 0 radical (unpaired) electrons. The minimum absolute atomic E-state index is 0.785. The maximum absolute atomic E-state index is 4.03. The van der Waals surface area contributed by atoms with Gasteiger partial charge in [-0.1, -0.05) is 50.1 Å². The molecule has 1 aromatic rings. The summed E-state index contributed by atoms with van der Waals surface area (Å²) < 4.78 is 0. The zero-order valence-corrected chi connectivity index (χ0v) is 16.9. The van der Waals surface area contributed by atoms with Gasteiger partial charge in [-0.2, -0.15) is 0 Å². The van der Waals surface area contributed by atoms with E-state index in [2.05, 4.69) is 50.4 Å². The third-order valence-electron chi connectivity index (χ3n) is 7.28. The van der Waals surface area contributed by atoms with E-state index in [1.54, 1.807) is 5.56 Å². The van der Waals surface area contributed by atoms with Crippen molar-refractivity contribution in [1.29, 1.82) is 0 Å². The summed E-state index contributed by atoms with van der Waals surface area (Å²) in [6.07, 6.45) is 19.2. The normalized spacial score (nSPS) is 29.7. The molecule has 0 nitrogen and oxygen atoms in total. The maximum atomic E-state index is 4.03. The van der Waals surface area contributed by atoms with Gasteiger partial charge in [0, 0.05) is 0 Å². The second-order valence-corrected chi connectivity index (χ2v) is 8.75. The van der Waals surface area contributed by atoms with Gasteiger partial charge >= 0.3 is 0 Å². The van der Waals surface area contributed by atoms with Gasteiger partial charge in [-0.25, -0.2) is 0 Å². The van der Waals surface area contributed by atoms with Crippen molar-refractivity contribution in [1.82, 2.24) is 0 Å². The molecule has 0 heteroatoms. The van der Waals surface area contributed by atoms with E-state index in [9.17, 15) is 0 Å². The molecule has 1 aromatic carbocycles. The lowest BCUT2D eigenvalue weighted by molar-refractivity contribution is 0.212. The second-order valence-electron chi connectivity index (χ2n) is 8.75. The van der Waals surface area contributed by atoms with Crippen LogP contribution in [0.4, 0.5) is 0 Å². The first-order valence-electron chi connectivity index (χ1n) is 11.1. The summed E-state index contributed by atoms with van der Waals surface area (Å²) in [5.74, 6) is 3.54. The van der Waals surface area contributed by atoms with Crippen molar-refractivity contribution in [2.45, 2.75) is 83.5 Å². The largest absolute Gasteiger partial charge is 0.103 e. The first kappa shape index (κ1) is 19.5. The number of benzene rings is 1. The molecule has 0 amide bonds. The highest BCUT2D eigenvalue weighted by atomic mass is 14.3. The predicted octanol–water partition coefficient (Wildman–Crippen LogP) is 7.63. The summed E-state index contributed by atoms with van der Waals surface area (Å²) in [7, 11) is 0. The standard InChI is InChI=1S/C26H38/c1-4-8-25-19-26(18-13-21(25)6-3)24-16-14-23(15-17-24)22-10-7-9-20(5-2)11-12-22/h4-5,13,18-20,22-24H,1-2,6-12,14-17H2,3H3. The third-order valence-corrected chi connectivity index (χ3v) is 7.28. The molecule has 0 N–H and O–H groups in total. The molecule has 0 heterocycles. The van der Waals surface area contributed by atoms with Crippen molar-refractivity contribution in [2.75, 3.05) is 0 Å². The van der Waals surface area contributed by atoms with Gasteiger partial charge in [-0.3, -0.25) is 0 Å². The molecular weight excluding hydrogens is 312 g/mol. The maximum Gasteiger partial charge on any atom is -0.00973 e. The van der Waals surface area contributed by atoms with Crippen molar-refractivity contribution in [2.24, 2.45) is 17.8 Å². The van der Waals surface area contributed by atoms with Crippen LogP contribution in [0.2, 0.25) is 0 Å². The van der Waals surface area contributed by atoms with Crippen molar-refractivity contribution in [3.63, 3.8) is 0 Å². The van der Waals surface area contributed by atoms with Crippen molar-refractivity contribution >= 4 is 0 Å². The van der Waals surface area contributed by atoms with Crippen LogP contribution in [0.15, 0.2) is 43.5 Å². The van der Waals surface area contributed by atoms with Gasteiger partial charge < -0.3 is 0 Å². The Morgan fingerprint density at radius 2 is 1.62 bits per heavy atom. The monoisotopic (exact) mass is 350 g/mol. The van der Waals surface area contributed by atoms with Crippen LogP contribution in [-0.2, 0) is 12.8 Å². The van der Waals surface area contributed by atoms with Crippen LogP contribution in [0.3, 0.4) is 0 Å². The highest BCUT2D eigenvalue weighted by Crippen LogP contribution is 2.43. The minimum atomic E-state index is 0.785. The van der Waals surface area contributed by atoms with Gasteiger partial charge in [-0.05, 0) is 98.1 Å². The molecule has 2 unspecified atom stereocenters. The Kier molecular flexibility index (Phi) is 7.17. The lowest BCUT2D eigenvalue weighted by Gasteiger charge is -2.34. The van der Waals surface area contributed by atoms with Gasteiger partial charge in [0.05, 0.1) is 0 Å². The van der Waals surface area contributed by atoms with Gasteiger partial charge in [0.15, 0.2) is 0 Å². The Morgan fingerprint density at radius 1 is 0.885 bits per heavy atom. The molecule has 2 fully saturated rings. The predicted molar refractivity (Wildman–Crippen MR) is 115 cm³/mol. The number of allylic oxidation sites excluding steroid dienone is 2. The van der Waals surface area contributed by atoms with Crippen LogP contribution in [0.1, 0.15) is 87.3 Å². The summed E-state index contributed by atoms with van der Waals surface area (Å²) in [6.45, 7) is 10.2. The van der Waals surface area contributed by atoms with Gasteiger partial charge in [0.2, 0.25) is 0 Å². The quantitative estimate of drug-likeness (QED) is 0.365. The third kappa shape index (κ3) is 4.70. The Hall–Kier alpha value is -1.30. The molecular formula is C26H38. The summed E-state index contributed by atoms with van der Waals surface area (Å²) in [5.41, 5.74) is 4.59. The first-order chi connectivity index (χ1) is 12.7. The Balaban J connectivity index is 1.59. The molecule has 26 heavy (non-hydrogen) atoms. The lowest BCUT2D eigenvalue weighted by atomic mass is 9.71. The summed E-state index contributed by atoms with van der Waals surface area (Å²) in [4.78, 5) is 0. The van der Waals surface area contributed by atoms with Crippen LogP contribution in [0.25, 0.3) is 0 Å². The molecule has 0 saturated heterocycles. The molecule has 2 saturated carbocycles. The second kappa shape index (κ2) is 9.58. The van der Waals surface area contributed by atoms with Gasteiger partial charge in [-0.15, -0.1) is 13.2 Å². The molecule has 3 rings (SSSR count). The topological polar surface area (TPSA) is 0 Å². The van der Waals surface area contributed by atoms with Crippen LogP contribution < -0.4 is 0 Å². The lowest BCUT2D eigenvalue weighted by Crippen LogP contribution is -2.21. The smallest absolute Gasteiger partial charge is 0.00973 e. The molecule has 0 spiro atoms.